The second-order valence-electron chi connectivity index (χ2n) is 4.39. The van der Waals surface area contributed by atoms with E-state index in [2.05, 4.69) is 4.72 Å². The van der Waals surface area contributed by atoms with Crippen LogP contribution < -0.4 is 10.5 Å². The maximum absolute atomic E-state index is 12.1. The highest BCUT2D eigenvalue weighted by Crippen LogP contribution is 2.25. The Bertz CT molecular complexity index is 480. The molecule has 0 amide bonds. The van der Waals surface area contributed by atoms with Crippen molar-refractivity contribution in [1.29, 1.82) is 0 Å². The van der Waals surface area contributed by atoms with Gasteiger partial charge in [0.1, 0.15) is 0 Å². The molecule has 0 spiro atoms. The van der Waals surface area contributed by atoms with Crippen molar-refractivity contribution in [2.45, 2.75) is 24.8 Å². The zero-order valence-corrected chi connectivity index (χ0v) is 12.7. The number of nitrogens with one attached hydrogen (secondary N) is 1. The molecular formula is C11H21N3O2S2. The molecule has 0 atom stereocenters. The van der Waals surface area contributed by atoms with Crippen LogP contribution in [0, 0.1) is 6.92 Å². The van der Waals surface area contributed by atoms with Crippen molar-refractivity contribution in [2.24, 2.45) is 5.73 Å². The lowest BCUT2D eigenvalue weighted by Gasteiger charge is -2.10. The Morgan fingerprint density at radius 3 is 2.61 bits per heavy atom. The number of hydrogen-bond acceptors (Lipinski definition) is 5. The van der Waals surface area contributed by atoms with E-state index in [4.69, 9.17) is 5.73 Å². The molecule has 0 aliphatic rings. The summed E-state index contributed by atoms with van der Waals surface area (Å²) in [5, 5.41) is 0. The van der Waals surface area contributed by atoms with Gasteiger partial charge in [-0.1, -0.05) is 0 Å². The van der Waals surface area contributed by atoms with Crippen LogP contribution in [0.4, 0.5) is 0 Å². The second kappa shape index (κ2) is 6.63. The number of sulfonamides is 1. The van der Waals surface area contributed by atoms with Gasteiger partial charge in [0.05, 0.1) is 4.90 Å². The molecule has 1 rings (SSSR count). The van der Waals surface area contributed by atoms with E-state index in [-0.39, 0.29) is 0 Å². The van der Waals surface area contributed by atoms with Crippen LogP contribution >= 0.6 is 11.3 Å². The van der Waals surface area contributed by atoms with Gasteiger partial charge in [0.15, 0.2) is 0 Å². The summed E-state index contributed by atoms with van der Waals surface area (Å²) in [4.78, 5) is 4.06. The van der Waals surface area contributed by atoms with E-state index in [1.165, 1.54) is 11.3 Å². The Hall–Kier alpha value is -0.470. The molecule has 3 N–H and O–H groups in total. The molecule has 18 heavy (non-hydrogen) atoms. The number of nitrogens with zero attached hydrogens (tertiary/aromatic N) is 1. The molecule has 7 heteroatoms. The largest absolute Gasteiger partial charge is 0.326 e. The van der Waals surface area contributed by atoms with Gasteiger partial charge >= 0.3 is 0 Å². The smallest absolute Gasteiger partial charge is 0.241 e. The van der Waals surface area contributed by atoms with Gasteiger partial charge < -0.3 is 10.6 Å². The third-order valence-corrected chi connectivity index (χ3v) is 5.28. The summed E-state index contributed by atoms with van der Waals surface area (Å²) in [5.74, 6) is 0. The monoisotopic (exact) mass is 291 g/mol. The topological polar surface area (TPSA) is 75.4 Å². The minimum atomic E-state index is -3.39. The number of nitrogens with two attached hydrogens (primary N) is 1. The van der Waals surface area contributed by atoms with Gasteiger partial charge in [-0.2, -0.15) is 0 Å². The molecule has 5 nitrogen and oxygen atoms in total. The van der Waals surface area contributed by atoms with Gasteiger partial charge in [-0.25, -0.2) is 13.1 Å². The van der Waals surface area contributed by atoms with Crippen LogP contribution in [0.5, 0.6) is 0 Å². The summed E-state index contributed by atoms with van der Waals surface area (Å²) in [6.07, 6.45) is 0.791. The molecule has 0 aromatic carbocycles. The Kier molecular flexibility index (Phi) is 5.74. The first-order valence-electron chi connectivity index (χ1n) is 5.80. The van der Waals surface area contributed by atoms with Crippen molar-refractivity contribution < 1.29 is 8.42 Å². The third-order valence-electron chi connectivity index (χ3n) is 2.49. The fourth-order valence-corrected chi connectivity index (χ4v) is 4.16. The van der Waals surface area contributed by atoms with Crippen LogP contribution in [0.25, 0.3) is 0 Å². The highest BCUT2D eigenvalue weighted by molar-refractivity contribution is 7.89. The summed E-state index contributed by atoms with van der Waals surface area (Å²) in [6.45, 7) is 3.49. The van der Waals surface area contributed by atoms with E-state index < -0.39 is 10.0 Å². The number of aryl methyl sites for hydroxylation is 1. The first kappa shape index (κ1) is 15.6. The van der Waals surface area contributed by atoms with Gasteiger partial charge in [0, 0.05) is 22.8 Å². The molecular weight excluding hydrogens is 270 g/mol. The van der Waals surface area contributed by atoms with Crippen molar-refractivity contribution >= 4 is 21.4 Å². The lowest BCUT2D eigenvalue weighted by Crippen LogP contribution is -2.27. The summed E-state index contributed by atoms with van der Waals surface area (Å²) in [6, 6.07) is 1.66. The molecule has 0 fully saturated rings. The summed E-state index contributed by atoms with van der Waals surface area (Å²) in [7, 11) is 0.535. The molecule has 104 valence electrons. The SMILES string of the molecule is Cc1sc(CN)cc1S(=O)(=O)NCCCN(C)C. The van der Waals surface area contributed by atoms with Gasteiger partial charge in [-0.15, -0.1) is 11.3 Å². The van der Waals surface area contributed by atoms with Crippen LogP contribution in [0.15, 0.2) is 11.0 Å². The van der Waals surface area contributed by atoms with Crippen molar-refractivity contribution in [3.63, 3.8) is 0 Å². The Morgan fingerprint density at radius 1 is 1.44 bits per heavy atom. The normalized spacial score (nSPS) is 12.3. The molecule has 0 aliphatic heterocycles. The lowest BCUT2D eigenvalue weighted by atomic mass is 10.4. The molecule has 0 saturated heterocycles. The van der Waals surface area contributed by atoms with Crippen LogP contribution in [0.3, 0.4) is 0 Å². The number of hydrogen-bond donors (Lipinski definition) is 2. The summed E-state index contributed by atoms with van der Waals surface area (Å²) < 4.78 is 26.8. The van der Waals surface area contributed by atoms with Crippen molar-refractivity contribution in [3.8, 4) is 0 Å². The second-order valence-corrected chi connectivity index (χ2v) is 7.47. The first-order valence-corrected chi connectivity index (χ1v) is 8.10. The van der Waals surface area contributed by atoms with Gasteiger partial charge in [-0.3, -0.25) is 0 Å². The Morgan fingerprint density at radius 2 is 2.11 bits per heavy atom. The molecule has 0 radical (unpaired) electrons. The maximum Gasteiger partial charge on any atom is 0.241 e. The molecule has 0 aliphatic carbocycles. The lowest BCUT2D eigenvalue weighted by molar-refractivity contribution is 0.400. The highest BCUT2D eigenvalue weighted by atomic mass is 32.2. The summed E-state index contributed by atoms with van der Waals surface area (Å²) >= 11 is 1.43. The van der Waals surface area contributed by atoms with Crippen LogP contribution in [0.1, 0.15) is 16.2 Å². The molecule has 0 bridgehead atoms. The van der Waals surface area contributed by atoms with E-state index in [9.17, 15) is 8.42 Å². The van der Waals surface area contributed by atoms with Crippen LogP contribution in [0.2, 0.25) is 0 Å². The molecule has 1 aromatic heterocycles. The fraction of sp³-hybridized carbons (Fsp3) is 0.636. The van der Waals surface area contributed by atoms with E-state index in [1.807, 2.05) is 19.0 Å². The average molecular weight is 291 g/mol. The number of thiophene rings is 1. The van der Waals surface area contributed by atoms with E-state index in [0.717, 1.165) is 22.7 Å². The zero-order valence-electron chi connectivity index (χ0n) is 11.1. The predicted octanol–water partition coefficient (Wildman–Crippen LogP) is 0.745. The third kappa shape index (κ3) is 4.33. The zero-order chi connectivity index (χ0) is 13.8. The number of rotatable bonds is 7. The van der Waals surface area contributed by atoms with Crippen LogP contribution in [-0.2, 0) is 16.6 Å². The maximum atomic E-state index is 12.1. The quantitative estimate of drug-likeness (QED) is 0.727. The Balaban J connectivity index is 2.65. The van der Waals surface area contributed by atoms with Crippen molar-refractivity contribution in [3.05, 3.63) is 15.8 Å². The minimum Gasteiger partial charge on any atom is -0.326 e. The minimum absolute atomic E-state index is 0.359. The molecule has 0 unspecified atom stereocenters. The van der Waals surface area contributed by atoms with Crippen molar-refractivity contribution in [2.75, 3.05) is 27.2 Å². The average Bonchev–Trinajstić information content (AvgIpc) is 2.66. The van der Waals surface area contributed by atoms with Gasteiger partial charge in [0.2, 0.25) is 10.0 Å². The first-order chi connectivity index (χ1) is 8.36. The standard InChI is InChI=1S/C11H21N3O2S2/c1-9-11(7-10(8-12)17-9)18(15,16)13-5-4-6-14(2)3/h7,13H,4-6,8,12H2,1-3H3. The summed E-state index contributed by atoms with van der Waals surface area (Å²) in [5.41, 5.74) is 5.52. The fourth-order valence-electron chi connectivity index (χ4n) is 1.57. The van der Waals surface area contributed by atoms with E-state index >= 15 is 0 Å². The Labute approximate surface area is 113 Å². The molecule has 1 heterocycles. The molecule has 1 aromatic rings. The van der Waals surface area contributed by atoms with Gasteiger partial charge in [-0.05, 0) is 40.1 Å². The predicted molar refractivity (Wildman–Crippen MR) is 75.3 cm³/mol. The van der Waals surface area contributed by atoms with Gasteiger partial charge in [0.25, 0.3) is 0 Å². The van der Waals surface area contributed by atoms with E-state index in [0.29, 0.717) is 18.0 Å². The van der Waals surface area contributed by atoms with E-state index in [1.54, 1.807) is 13.0 Å². The van der Waals surface area contributed by atoms with Crippen molar-refractivity contribution in [1.82, 2.24) is 9.62 Å². The highest BCUT2D eigenvalue weighted by Gasteiger charge is 2.18. The van der Waals surface area contributed by atoms with Crippen LogP contribution in [-0.4, -0.2) is 40.5 Å². The molecule has 0 saturated carbocycles.